The number of hydrogen-bond donors (Lipinski definition) is 1. The normalized spacial score (nSPS) is 17.3. The van der Waals surface area contributed by atoms with Crippen molar-refractivity contribution >= 4 is 0 Å². The Kier molecular flexibility index (Phi) is 4.66. The summed E-state index contributed by atoms with van der Waals surface area (Å²) < 4.78 is 25.9. The van der Waals surface area contributed by atoms with Gasteiger partial charge in [-0.25, -0.2) is 8.78 Å². The Bertz CT molecular complexity index is 389. The maximum absolute atomic E-state index is 13.1. The Hall–Kier alpha value is -1.00. The summed E-state index contributed by atoms with van der Waals surface area (Å²) in [5.74, 6) is -0.830. The Balaban J connectivity index is 1.85. The molecule has 1 saturated heterocycles. The van der Waals surface area contributed by atoms with Crippen LogP contribution in [0.15, 0.2) is 18.2 Å². The summed E-state index contributed by atoms with van der Waals surface area (Å²) in [5.41, 5.74) is 0.824. The first-order valence-corrected chi connectivity index (χ1v) is 6.48. The molecule has 1 heterocycles. The van der Waals surface area contributed by atoms with Crippen molar-refractivity contribution in [3.8, 4) is 0 Å². The monoisotopic (exact) mass is 254 g/mol. The molecule has 18 heavy (non-hydrogen) atoms. The average Bonchev–Trinajstić information content (AvgIpc) is 2.35. The molecule has 100 valence electrons. The maximum Gasteiger partial charge on any atom is 0.159 e. The number of rotatable bonds is 4. The summed E-state index contributed by atoms with van der Waals surface area (Å²) in [6.07, 6.45) is 2.39. The van der Waals surface area contributed by atoms with E-state index in [2.05, 4.69) is 10.2 Å². The van der Waals surface area contributed by atoms with Crippen molar-refractivity contribution in [2.45, 2.75) is 19.4 Å². The highest BCUT2D eigenvalue weighted by atomic mass is 19.2. The number of halogens is 2. The molecule has 1 aromatic rings. The number of piperidine rings is 1. The van der Waals surface area contributed by atoms with Crippen LogP contribution in [0.2, 0.25) is 0 Å². The molecule has 1 aromatic carbocycles. The van der Waals surface area contributed by atoms with Gasteiger partial charge in [0.25, 0.3) is 0 Å². The maximum atomic E-state index is 13.1. The highest BCUT2D eigenvalue weighted by Gasteiger charge is 2.15. The van der Waals surface area contributed by atoms with Crippen molar-refractivity contribution in [2.75, 3.05) is 26.7 Å². The summed E-state index contributed by atoms with van der Waals surface area (Å²) in [6.45, 7) is 3.86. The predicted octanol–water partition coefficient (Wildman–Crippen LogP) is 2.40. The molecule has 0 atom stereocenters. The largest absolute Gasteiger partial charge is 0.317 e. The van der Waals surface area contributed by atoms with Gasteiger partial charge in [0.05, 0.1) is 0 Å². The van der Waals surface area contributed by atoms with E-state index in [1.807, 2.05) is 7.05 Å². The molecule has 1 aliphatic rings. The second-order valence-electron chi connectivity index (χ2n) is 5.14. The van der Waals surface area contributed by atoms with Crippen LogP contribution in [0.25, 0.3) is 0 Å². The lowest BCUT2D eigenvalue weighted by molar-refractivity contribution is 0.234. The first-order chi connectivity index (χ1) is 8.65. The first-order valence-electron chi connectivity index (χ1n) is 6.48. The van der Waals surface area contributed by atoms with E-state index in [0.29, 0.717) is 12.5 Å². The van der Waals surface area contributed by atoms with Crippen molar-refractivity contribution in [2.24, 2.45) is 5.92 Å². The first kappa shape index (κ1) is 13.4. The van der Waals surface area contributed by atoms with Crippen LogP contribution >= 0.6 is 0 Å². The van der Waals surface area contributed by atoms with Crippen molar-refractivity contribution in [3.05, 3.63) is 35.4 Å². The molecule has 0 saturated carbocycles. The third kappa shape index (κ3) is 3.75. The Morgan fingerprint density at radius 3 is 2.61 bits per heavy atom. The van der Waals surface area contributed by atoms with Gasteiger partial charge in [-0.1, -0.05) is 6.07 Å². The molecular formula is C14H20F2N2. The number of benzene rings is 1. The smallest absolute Gasteiger partial charge is 0.159 e. The van der Waals surface area contributed by atoms with E-state index in [1.54, 1.807) is 6.07 Å². The second kappa shape index (κ2) is 6.25. The van der Waals surface area contributed by atoms with Crippen LogP contribution < -0.4 is 5.32 Å². The molecule has 2 nitrogen and oxygen atoms in total. The molecule has 2 rings (SSSR count). The lowest BCUT2D eigenvalue weighted by atomic mass is 9.97. The molecule has 0 radical (unpaired) electrons. The van der Waals surface area contributed by atoms with Crippen molar-refractivity contribution in [1.82, 2.24) is 10.2 Å². The minimum Gasteiger partial charge on any atom is -0.317 e. The number of nitrogens with one attached hydrogen (secondary N) is 1. The average molecular weight is 254 g/mol. The quantitative estimate of drug-likeness (QED) is 0.887. The summed E-state index contributed by atoms with van der Waals surface area (Å²) in [4.78, 5) is 2.18. The summed E-state index contributed by atoms with van der Waals surface area (Å²) in [7, 11) is 2.03. The Morgan fingerprint density at radius 1 is 1.22 bits per heavy atom. The molecular weight excluding hydrogens is 234 g/mol. The van der Waals surface area contributed by atoms with Crippen LogP contribution in [0, 0.1) is 17.6 Å². The standard InChI is InChI=1S/C14H20F2N2/c1-18(9-11-4-6-17-7-5-11)10-12-2-3-13(15)14(16)8-12/h2-3,8,11,17H,4-7,9-10H2,1H3. The topological polar surface area (TPSA) is 15.3 Å². The van der Waals surface area contributed by atoms with Gasteiger partial charge in [-0.2, -0.15) is 0 Å². The zero-order chi connectivity index (χ0) is 13.0. The molecule has 0 amide bonds. The van der Waals surface area contributed by atoms with Crippen molar-refractivity contribution in [1.29, 1.82) is 0 Å². The van der Waals surface area contributed by atoms with E-state index < -0.39 is 11.6 Å². The van der Waals surface area contributed by atoms with Crippen molar-refractivity contribution < 1.29 is 8.78 Å². The molecule has 1 aliphatic heterocycles. The van der Waals surface area contributed by atoms with Gasteiger partial charge < -0.3 is 10.2 Å². The van der Waals surface area contributed by atoms with Gasteiger partial charge in [0.2, 0.25) is 0 Å². The molecule has 0 unspecified atom stereocenters. The fourth-order valence-corrected chi connectivity index (χ4v) is 2.52. The van der Waals surface area contributed by atoms with Gasteiger partial charge in [0.1, 0.15) is 0 Å². The molecule has 4 heteroatoms. The van der Waals surface area contributed by atoms with Crippen LogP contribution in [-0.2, 0) is 6.54 Å². The van der Waals surface area contributed by atoms with Gasteiger partial charge in [0.15, 0.2) is 11.6 Å². The van der Waals surface area contributed by atoms with Crippen LogP contribution in [0.4, 0.5) is 8.78 Å². The molecule has 0 spiro atoms. The molecule has 1 fully saturated rings. The predicted molar refractivity (Wildman–Crippen MR) is 68.3 cm³/mol. The van der Waals surface area contributed by atoms with Gasteiger partial charge in [-0.15, -0.1) is 0 Å². The molecule has 1 N–H and O–H groups in total. The second-order valence-corrected chi connectivity index (χ2v) is 5.14. The van der Waals surface area contributed by atoms with E-state index in [1.165, 1.54) is 25.0 Å². The van der Waals surface area contributed by atoms with Crippen LogP contribution in [0.5, 0.6) is 0 Å². The van der Waals surface area contributed by atoms with Crippen LogP contribution in [0.1, 0.15) is 18.4 Å². The SMILES string of the molecule is CN(Cc1ccc(F)c(F)c1)CC1CCNCC1. The number of nitrogens with zero attached hydrogens (tertiary/aromatic N) is 1. The minimum absolute atomic E-state index is 0.668. The van der Waals surface area contributed by atoms with Gasteiger partial charge in [0, 0.05) is 13.1 Å². The number of hydrogen-bond acceptors (Lipinski definition) is 2. The Morgan fingerprint density at radius 2 is 1.94 bits per heavy atom. The van der Waals surface area contributed by atoms with Gasteiger partial charge >= 0.3 is 0 Å². The van der Waals surface area contributed by atoms with E-state index in [0.717, 1.165) is 25.2 Å². The highest BCUT2D eigenvalue weighted by molar-refractivity contribution is 5.17. The third-order valence-electron chi connectivity index (χ3n) is 3.47. The van der Waals surface area contributed by atoms with E-state index in [9.17, 15) is 8.78 Å². The molecule has 0 aromatic heterocycles. The Labute approximate surface area is 107 Å². The molecule has 0 aliphatic carbocycles. The summed E-state index contributed by atoms with van der Waals surface area (Å²) in [6, 6.07) is 4.13. The van der Waals surface area contributed by atoms with Gasteiger partial charge in [-0.05, 0) is 56.6 Å². The highest BCUT2D eigenvalue weighted by Crippen LogP contribution is 2.15. The van der Waals surface area contributed by atoms with Crippen LogP contribution in [0.3, 0.4) is 0 Å². The lowest BCUT2D eigenvalue weighted by Gasteiger charge is -2.27. The van der Waals surface area contributed by atoms with E-state index in [4.69, 9.17) is 0 Å². The van der Waals surface area contributed by atoms with E-state index in [-0.39, 0.29) is 0 Å². The zero-order valence-electron chi connectivity index (χ0n) is 10.8. The van der Waals surface area contributed by atoms with E-state index >= 15 is 0 Å². The fourth-order valence-electron chi connectivity index (χ4n) is 2.52. The van der Waals surface area contributed by atoms with Crippen LogP contribution in [-0.4, -0.2) is 31.6 Å². The van der Waals surface area contributed by atoms with Crippen molar-refractivity contribution in [3.63, 3.8) is 0 Å². The third-order valence-corrected chi connectivity index (χ3v) is 3.47. The summed E-state index contributed by atoms with van der Waals surface area (Å²) in [5, 5.41) is 3.34. The fraction of sp³-hybridized carbons (Fsp3) is 0.571. The van der Waals surface area contributed by atoms with Gasteiger partial charge in [-0.3, -0.25) is 0 Å². The minimum atomic E-state index is -0.778. The molecule has 0 bridgehead atoms. The zero-order valence-corrected chi connectivity index (χ0v) is 10.8. The lowest BCUT2D eigenvalue weighted by Crippen LogP contribution is -2.34. The summed E-state index contributed by atoms with van der Waals surface area (Å²) >= 11 is 0.